The molecule has 0 aliphatic carbocycles. The standard InChI is InChI=1S/C15H27N3O2/c1-6-11(7-2)13(19)9-16-14(20)12-8-17-18(10-12)15(3,4)5/h8,10-11,13,19H,6-7,9H2,1-5H3,(H,16,20). The highest BCUT2D eigenvalue weighted by molar-refractivity contribution is 5.93. The minimum Gasteiger partial charge on any atom is -0.391 e. The number of aliphatic hydroxyl groups excluding tert-OH is 1. The van der Waals surface area contributed by atoms with Crippen LogP contribution in [-0.4, -0.2) is 33.4 Å². The van der Waals surface area contributed by atoms with Crippen LogP contribution in [0.2, 0.25) is 0 Å². The maximum Gasteiger partial charge on any atom is 0.254 e. The Morgan fingerprint density at radius 3 is 2.45 bits per heavy atom. The second-order valence-electron chi connectivity index (χ2n) is 6.20. The number of amides is 1. The number of aromatic nitrogens is 2. The van der Waals surface area contributed by atoms with E-state index in [1.165, 1.54) is 0 Å². The second-order valence-corrected chi connectivity index (χ2v) is 6.20. The van der Waals surface area contributed by atoms with Crippen molar-refractivity contribution >= 4 is 5.91 Å². The Bertz CT molecular complexity index is 431. The predicted octanol–water partition coefficient (Wildman–Crippen LogP) is 2.17. The number of carbonyl (C=O) groups is 1. The number of nitrogens with one attached hydrogen (secondary N) is 1. The molecule has 5 heteroatoms. The van der Waals surface area contributed by atoms with Gasteiger partial charge >= 0.3 is 0 Å². The van der Waals surface area contributed by atoms with Crippen molar-refractivity contribution in [1.29, 1.82) is 0 Å². The average Bonchev–Trinajstić information content (AvgIpc) is 2.87. The molecule has 5 nitrogen and oxygen atoms in total. The number of nitrogens with zero attached hydrogens (tertiary/aromatic N) is 2. The van der Waals surface area contributed by atoms with Gasteiger partial charge in [-0.1, -0.05) is 26.7 Å². The van der Waals surface area contributed by atoms with Crippen molar-refractivity contribution in [3.63, 3.8) is 0 Å². The monoisotopic (exact) mass is 281 g/mol. The number of carbonyl (C=O) groups excluding carboxylic acids is 1. The molecule has 0 bridgehead atoms. The Hall–Kier alpha value is -1.36. The van der Waals surface area contributed by atoms with E-state index in [0.29, 0.717) is 5.56 Å². The molecule has 1 amide bonds. The molecule has 0 fully saturated rings. The van der Waals surface area contributed by atoms with Crippen molar-refractivity contribution < 1.29 is 9.90 Å². The number of aliphatic hydroxyl groups is 1. The van der Waals surface area contributed by atoms with Gasteiger partial charge in [0.15, 0.2) is 0 Å². The summed E-state index contributed by atoms with van der Waals surface area (Å²) in [6.07, 6.45) is 4.63. The zero-order valence-corrected chi connectivity index (χ0v) is 13.2. The lowest BCUT2D eigenvalue weighted by atomic mass is 9.96. The van der Waals surface area contributed by atoms with E-state index in [9.17, 15) is 9.90 Å². The quantitative estimate of drug-likeness (QED) is 0.839. The fraction of sp³-hybridized carbons (Fsp3) is 0.733. The van der Waals surface area contributed by atoms with Crippen molar-refractivity contribution in [2.45, 2.75) is 59.1 Å². The molecule has 0 aliphatic heterocycles. The molecule has 0 saturated carbocycles. The fourth-order valence-electron chi connectivity index (χ4n) is 2.11. The number of rotatable bonds is 6. The molecule has 1 rings (SSSR count). The number of hydrogen-bond acceptors (Lipinski definition) is 3. The Kier molecular flexibility index (Phi) is 5.74. The molecule has 1 unspecified atom stereocenters. The summed E-state index contributed by atoms with van der Waals surface area (Å²) in [5, 5.41) is 17.0. The summed E-state index contributed by atoms with van der Waals surface area (Å²) in [4.78, 5) is 12.0. The summed E-state index contributed by atoms with van der Waals surface area (Å²) in [6, 6.07) is 0. The van der Waals surface area contributed by atoms with Gasteiger partial charge in [-0.2, -0.15) is 5.10 Å². The molecule has 114 valence electrons. The van der Waals surface area contributed by atoms with Crippen LogP contribution in [0, 0.1) is 5.92 Å². The van der Waals surface area contributed by atoms with Crippen molar-refractivity contribution in [3.8, 4) is 0 Å². The van der Waals surface area contributed by atoms with Crippen LogP contribution in [0.3, 0.4) is 0 Å². The highest BCUT2D eigenvalue weighted by Crippen LogP contribution is 2.14. The molecule has 0 radical (unpaired) electrons. The molecule has 1 aromatic rings. The smallest absolute Gasteiger partial charge is 0.254 e. The molecule has 2 N–H and O–H groups in total. The van der Waals surface area contributed by atoms with Crippen LogP contribution >= 0.6 is 0 Å². The van der Waals surface area contributed by atoms with Crippen LogP contribution in [0.15, 0.2) is 12.4 Å². The molecule has 1 aromatic heterocycles. The normalized spacial score (nSPS) is 13.6. The first-order valence-electron chi connectivity index (χ1n) is 7.31. The zero-order valence-electron chi connectivity index (χ0n) is 13.2. The van der Waals surface area contributed by atoms with Gasteiger partial charge < -0.3 is 10.4 Å². The lowest BCUT2D eigenvalue weighted by molar-refractivity contribution is 0.0816. The SMILES string of the molecule is CCC(CC)C(O)CNC(=O)c1cnn(C(C)(C)C)c1. The van der Waals surface area contributed by atoms with Crippen LogP contribution in [0.25, 0.3) is 0 Å². The minimum absolute atomic E-state index is 0.145. The molecule has 1 heterocycles. The third-order valence-corrected chi connectivity index (χ3v) is 3.60. The van der Waals surface area contributed by atoms with E-state index >= 15 is 0 Å². The summed E-state index contributed by atoms with van der Waals surface area (Å²) in [5.74, 6) is 0.0399. The van der Waals surface area contributed by atoms with Crippen LogP contribution < -0.4 is 5.32 Å². The molecule has 0 spiro atoms. The van der Waals surface area contributed by atoms with Gasteiger partial charge in [-0.3, -0.25) is 9.48 Å². The van der Waals surface area contributed by atoms with Crippen molar-refractivity contribution in [2.75, 3.05) is 6.54 Å². The first kappa shape index (κ1) is 16.7. The molecule has 1 atom stereocenters. The second kappa shape index (κ2) is 6.88. The Morgan fingerprint density at radius 1 is 1.40 bits per heavy atom. The number of hydrogen-bond donors (Lipinski definition) is 2. The van der Waals surface area contributed by atoms with Gasteiger partial charge in [0.2, 0.25) is 0 Å². The van der Waals surface area contributed by atoms with E-state index in [2.05, 4.69) is 10.4 Å². The largest absolute Gasteiger partial charge is 0.391 e. The Morgan fingerprint density at radius 2 is 2.00 bits per heavy atom. The third kappa shape index (κ3) is 4.34. The molecular formula is C15H27N3O2. The molecular weight excluding hydrogens is 254 g/mol. The molecule has 0 aromatic carbocycles. The van der Waals surface area contributed by atoms with Crippen LogP contribution in [0.4, 0.5) is 0 Å². The third-order valence-electron chi connectivity index (χ3n) is 3.60. The van der Waals surface area contributed by atoms with Crippen molar-refractivity contribution in [2.24, 2.45) is 5.92 Å². The summed E-state index contributed by atoms with van der Waals surface area (Å²) < 4.78 is 1.76. The zero-order chi connectivity index (χ0) is 15.3. The van der Waals surface area contributed by atoms with Crippen LogP contribution in [0.5, 0.6) is 0 Å². The Labute approximate surface area is 121 Å². The van der Waals surface area contributed by atoms with E-state index in [-0.39, 0.29) is 23.9 Å². The Balaban J connectivity index is 2.57. The molecule has 0 saturated heterocycles. The van der Waals surface area contributed by atoms with Crippen molar-refractivity contribution in [1.82, 2.24) is 15.1 Å². The topological polar surface area (TPSA) is 67.2 Å². The maximum absolute atomic E-state index is 12.0. The van der Waals surface area contributed by atoms with E-state index in [1.807, 2.05) is 34.6 Å². The lowest BCUT2D eigenvalue weighted by Crippen LogP contribution is -2.36. The lowest BCUT2D eigenvalue weighted by Gasteiger charge is -2.20. The maximum atomic E-state index is 12.0. The molecule has 20 heavy (non-hydrogen) atoms. The first-order chi connectivity index (χ1) is 9.29. The van der Waals surface area contributed by atoms with Crippen LogP contribution in [-0.2, 0) is 5.54 Å². The summed E-state index contributed by atoms with van der Waals surface area (Å²) in [7, 11) is 0. The van der Waals surface area contributed by atoms with Gasteiger partial charge in [-0.25, -0.2) is 0 Å². The van der Waals surface area contributed by atoms with E-state index < -0.39 is 6.10 Å². The van der Waals surface area contributed by atoms with E-state index in [1.54, 1.807) is 17.1 Å². The molecule has 0 aliphatic rings. The van der Waals surface area contributed by atoms with E-state index in [0.717, 1.165) is 12.8 Å². The van der Waals surface area contributed by atoms with Gasteiger partial charge in [0.05, 0.1) is 23.4 Å². The average molecular weight is 281 g/mol. The predicted molar refractivity (Wildman–Crippen MR) is 79.6 cm³/mol. The summed E-state index contributed by atoms with van der Waals surface area (Å²) in [6.45, 7) is 10.5. The van der Waals surface area contributed by atoms with Gasteiger partial charge in [-0.05, 0) is 26.7 Å². The highest BCUT2D eigenvalue weighted by Gasteiger charge is 2.19. The summed E-state index contributed by atoms with van der Waals surface area (Å²) in [5.41, 5.74) is 0.379. The van der Waals surface area contributed by atoms with E-state index in [4.69, 9.17) is 0 Å². The van der Waals surface area contributed by atoms with Crippen molar-refractivity contribution in [3.05, 3.63) is 18.0 Å². The van der Waals surface area contributed by atoms with Gasteiger partial charge in [-0.15, -0.1) is 0 Å². The van der Waals surface area contributed by atoms with Crippen LogP contribution in [0.1, 0.15) is 57.8 Å². The summed E-state index contributed by atoms with van der Waals surface area (Å²) >= 11 is 0. The minimum atomic E-state index is -0.494. The van der Waals surface area contributed by atoms with Gasteiger partial charge in [0.1, 0.15) is 0 Å². The fourth-order valence-corrected chi connectivity index (χ4v) is 2.11. The highest BCUT2D eigenvalue weighted by atomic mass is 16.3. The van der Waals surface area contributed by atoms with Gasteiger partial charge in [0.25, 0.3) is 5.91 Å². The van der Waals surface area contributed by atoms with Gasteiger partial charge in [0, 0.05) is 12.7 Å². The first-order valence-corrected chi connectivity index (χ1v) is 7.31.